The molecule has 176 valence electrons. The highest BCUT2D eigenvalue weighted by atomic mass is 16.5. The number of ether oxygens (including phenoxy) is 1. The normalized spacial score (nSPS) is 25.6. The van der Waals surface area contributed by atoms with E-state index in [0.717, 1.165) is 34.6 Å². The van der Waals surface area contributed by atoms with Gasteiger partial charge in [0.25, 0.3) is 0 Å². The van der Waals surface area contributed by atoms with E-state index in [0.29, 0.717) is 23.2 Å². The van der Waals surface area contributed by atoms with E-state index >= 15 is 0 Å². The van der Waals surface area contributed by atoms with Gasteiger partial charge >= 0.3 is 0 Å². The number of likely N-dealkylation sites (N-methyl/N-ethyl adjacent to an activating group) is 1. The molecular formula is C31H31N3O. The van der Waals surface area contributed by atoms with Gasteiger partial charge in [0.05, 0.1) is 10.9 Å². The molecule has 1 saturated heterocycles. The van der Waals surface area contributed by atoms with Gasteiger partial charge in [0, 0.05) is 17.0 Å². The molecule has 1 unspecified atom stereocenters. The zero-order chi connectivity index (χ0) is 23.4. The second kappa shape index (κ2) is 8.17. The quantitative estimate of drug-likeness (QED) is 0.337. The highest BCUT2D eigenvalue weighted by Crippen LogP contribution is 2.56. The van der Waals surface area contributed by atoms with Crippen molar-refractivity contribution in [1.82, 2.24) is 14.9 Å². The minimum Gasteiger partial charge on any atom is -0.438 e. The van der Waals surface area contributed by atoms with Crippen LogP contribution in [0.5, 0.6) is 11.6 Å². The van der Waals surface area contributed by atoms with E-state index in [-0.39, 0.29) is 0 Å². The molecule has 7 rings (SSSR count). The van der Waals surface area contributed by atoms with Crippen LogP contribution in [0.15, 0.2) is 72.8 Å². The van der Waals surface area contributed by atoms with Gasteiger partial charge in [0.15, 0.2) is 5.82 Å². The Balaban J connectivity index is 1.32. The highest BCUT2D eigenvalue weighted by Gasteiger charge is 2.53. The third-order valence-corrected chi connectivity index (χ3v) is 8.90. The Morgan fingerprint density at radius 2 is 1.77 bits per heavy atom. The lowest BCUT2D eigenvalue weighted by molar-refractivity contribution is 0.00276. The van der Waals surface area contributed by atoms with Crippen LogP contribution in [0, 0.1) is 5.92 Å². The average molecular weight is 462 g/mol. The topological polar surface area (TPSA) is 38.2 Å². The molecule has 2 aliphatic carbocycles. The van der Waals surface area contributed by atoms with Crippen molar-refractivity contribution in [3.8, 4) is 23.0 Å². The van der Waals surface area contributed by atoms with Crippen LogP contribution in [0.3, 0.4) is 0 Å². The largest absolute Gasteiger partial charge is 0.438 e. The number of nitrogens with zero attached hydrogens (tertiary/aromatic N) is 3. The molecule has 2 heterocycles. The molecule has 4 nitrogen and oxygen atoms in total. The highest BCUT2D eigenvalue weighted by molar-refractivity contribution is 5.85. The second-order valence-corrected chi connectivity index (χ2v) is 10.7. The lowest BCUT2D eigenvalue weighted by atomic mass is 9.52. The minimum atomic E-state index is 0.311. The molecule has 0 spiro atoms. The van der Waals surface area contributed by atoms with Crippen molar-refractivity contribution in [2.75, 3.05) is 13.6 Å². The van der Waals surface area contributed by atoms with Gasteiger partial charge in [0.1, 0.15) is 5.75 Å². The zero-order valence-electron chi connectivity index (χ0n) is 20.3. The summed E-state index contributed by atoms with van der Waals surface area (Å²) in [5.74, 6) is 2.98. The summed E-state index contributed by atoms with van der Waals surface area (Å²) >= 11 is 0. The average Bonchev–Trinajstić information content (AvgIpc) is 2.91. The monoisotopic (exact) mass is 461 g/mol. The lowest BCUT2D eigenvalue weighted by Gasteiger charge is -2.58. The standard InChI is InChI=1S/C31H31N3O/c1-34-18-17-31-16-8-7-12-25(31)28(34)19-22-14-15-23(20-26(22)31)35-30-24-11-5-6-13-27(24)32-29(33-30)21-9-3-2-4-10-21/h2-6,9-11,13-15,20,25,28H,7-8,12,16-19H2,1H3/t25?,28-,31+/m1/s1. The Bertz CT molecular complexity index is 1400. The Labute approximate surface area is 207 Å². The molecule has 3 aliphatic rings. The lowest BCUT2D eigenvalue weighted by Crippen LogP contribution is -2.59. The summed E-state index contributed by atoms with van der Waals surface area (Å²) < 4.78 is 6.59. The first-order chi connectivity index (χ1) is 17.2. The molecule has 0 radical (unpaired) electrons. The van der Waals surface area contributed by atoms with E-state index in [2.05, 4.69) is 36.2 Å². The summed E-state index contributed by atoms with van der Waals surface area (Å²) in [5.41, 5.74) is 5.27. The Hall–Kier alpha value is -3.24. The number of para-hydroxylation sites is 1. The van der Waals surface area contributed by atoms with Gasteiger partial charge in [-0.15, -0.1) is 0 Å². The van der Waals surface area contributed by atoms with Crippen LogP contribution < -0.4 is 4.74 Å². The number of aromatic nitrogens is 2. The third kappa shape index (κ3) is 3.38. The van der Waals surface area contributed by atoms with E-state index in [4.69, 9.17) is 14.7 Å². The van der Waals surface area contributed by atoms with E-state index < -0.39 is 0 Å². The van der Waals surface area contributed by atoms with Gasteiger partial charge in [-0.1, -0.05) is 61.4 Å². The molecule has 3 atom stereocenters. The Morgan fingerprint density at radius 3 is 2.69 bits per heavy atom. The van der Waals surface area contributed by atoms with Crippen molar-refractivity contribution in [1.29, 1.82) is 0 Å². The molecule has 0 amide bonds. The first-order valence-electron chi connectivity index (χ1n) is 13.0. The number of hydrogen-bond donors (Lipinski definition) is 0. The minimum absolute atomic E-state index is 0.311. The van der Waals surface area contributed by atoms with Crippen LogP contribution in [0.2, 0.25) is 0 Å². The number of hydrogen-bond acceptors (Lipinski definition) is 4. The van der Waals surface area contributed by atoms with Gasteiger partial charge in [0.2, 0.25) is 5.88 Å². The van der Waals surface area contributed by atoms with Crippen molar-refractivity contribution in [2.24, 2.45) is 5.92 Å². The summed E-state index contributed by atoms with van der Waals surface area (Å²) in [6, 6.07) is 25.8. The zero-order valence-corrected chi connectivity index (χ0v) is 20.3. The van der Waals surface area contributed by atoms with Crippen molar-refractivity contribution in [3.05, 3.63) is 83.9 Å². The predicted octanol–water partition coefficient (Wildman–Crippen LogP) is 6.78. The predicted molar refractivity (Wildman–Crippen MR) is 140 cm³/mol. The molecule has 1 aliphatic heterocycles. The fraction of sp³-hybridized carbons (Fsp3) is 0.355. The van der Waals surface area contributed by atoms with E-state index in [9.17, 15) is 0 Å². The first kappa shape index (κ1) is 21.1. The summed E-state index contributed by atoms with van der Waals surface area (Å²) in [4.78, 5) is 12.3. The molecule has 3 aromatic carbocycles. The molecule has 4 aromatic rings. The van der Waals surface area contributed by atoms with Crippen molar-refractivity contribution in [2.45, 2.75) is 50.0 Å². The smallest absolute Gasteiger partial charge is 0.230 e. The van der Waals surface area contributed by atoms with Crippen molar-refractivity contribution >= 4 is 10.9 Å². The maximum absolute atomic E-state index is 6.59. The summed E-state index contributed by atoms with van der Waals surface area (Å²) in [6.07, 6.45) is 7.80. The molecule has 35 heavy (non-hydrogen) atoms. The van der Waals surface area contributed by atoms with Gasteiger partial charge in [-0.3, -0.25) is 0 Å². The van der Waals surface area contributed by atoms with Gasteiger partial charge in [-0.2, -0.15) is 4.98 Å². The maximum atomic E-state index is 6.59. The van der Waals surface area contributed by atoms with Crippen LogP contribution in [0.1, 0.15) is 43.2 Å². The Morgan fingerprint density at radius 1 is 0.914 bits per heavy atom. The SMILES string of the molecule is CN1CC[C@@]23CCCCC2[C@H]1Cc1ccc(Oc2nc(-c4ccccc4)nc4ccccc24)cc13. The van der Waals surface area contributed by atoms with Crippen LogP contribution >= 0.6 is 0 Å². The number of likely N-dealkylation sites (tertiary alicyclic amines) is 1. The van der Waals surface area contributed by atoms with Crippen LogP contribution in [-0.4, -0.2) is 34.5 Å². The van der Waals surface area contributed by atoms with Gasteiger partial charge < -0.3 is 9.64 Å². The maximum Gasteiger partial charge on any atom is 0.230 e. The summed E-state index contributed by atoms with van der Waals surface area (Å²) in [5, 5.41) is 0.943. The van der Waals surface area contributed by atoms with Crippen molar-refractivity contribution in [3.63, 3.8) is 0 Å². The summed E-state index contributed by atoms with van der Waals surface area (Å²) in [7, 11) is 2.33. The van der Waals surface area contributed by atoms with E-state index in [1.165, 1.54) is 44.2 Å². The van der Waals surface area contributed by atoms with Crippen LogP contribution in [-0.2, 0) is 11.8 Å². The third-order valence-electron chi connectivity index (χ3n) is 8.90. The van der Waals surface area contributed by atoms with E-state index in [1.54, 1.807) is 5.56 Å². The van der Waals surface area contributed by atoms with Crippen LogP contribution in [0.25, 0.3) is 22.3 Å². The number of benzene rings is 3. The molecule has 2 bridgehead atoms. The number of piperidine rings is 1. The molecule has 0 N–H and O–H groups in total. The van der Waals surface area contributed by atoms with Gasteiger partial charge in [-0.05, 0) is 80.6 Å². The molecule has 2 fully saturated rings. The summed E-state index contributed by atoms with van der Waals surface area (Å²) in [6.45, 7) is 1.20. The van der Waals surface area contributed by atoms with Crippen LogP contribution in [0.4, 0.5) is 0 Å². The molecule has 1 aromatic heterocycles. The molecular weight excluding hydrogens is 430 g/mol. The molecule has 4 heteroatoms. The second-order valence-electron chi connectivity index (χ2n) is 10.7. The Kier molecular flexibility index (Phi) is 4.92. The fourth-order valence-electron chi connectivity index (χ4n) is 7.19. The first-order valence-corrected chi connectivity index (χ1v) is 13.0. The van der Waals surface area contributed by atoms with Gasteiger partial charge in [-0.25, -0.2) is 4.98 Å². The molecule has 1 saturated carbocycles. The number of fused-ring (bicyclic) bond motifs is 2. The number of rotatable bonds is 3. The fourth-order valence-corrected chi connectivity index (χ4v) is 7.19. The van der Waals surface area contributed by atoms with E-state index in [1.807, 2.05) is 48.5 Å². The van der Waals surface area contributed by atoms with Crippen molar-refractivity contribution < 1.29 is 4.74 Å².